The summed E-state index contributed by atoms with van der Waals surface area (Å²) in [6, 6.07) is 0.456. The van der Waals surface area contributed by atoms with Gasteiger partial charge in [0.2, 0.25) is 0 Å². The van der Waals surface area contributed by atoms with Crippen LogP contribution in [0.5, 0.6) is 0 Å². The van der Waals surface area contributed by atoms with E-state index in [1.54, 1.807) is 0 Å². The highest BCUT2D eigenvalue weighted by molar-refractivity contribution is 6.04. The van der Waals surface area contributed by atoms with E-state index in [1.807, 2.05) is 0 Å². The maximum Gasteiger partial charge on any atom is 0.0648 e. The summed E-state index contributed by atoms with van der Waals surface area (Å²) in [5.41, 5.74) is 4.13. The molecule has 0 saturated heterocycles. The SMILES string of the molecule is CC1=C2NCC(C)N=C2C(C)C1. The highest BCUT2D eigenvalue weighted by Gasteiger charge is 2.28. The molecule has 0 aromatic carbocycles. The van der Waals surface area contributed by atoms with Gasteiger partial charge in [0.25, 0.3) is 0 Å². The number of hydrogen-bond donors (Lipinski definition) is 1. The molecule has 1 heterocycles. The van der Waals surface area contributed by atoms with E-state index in [9.17, 15) is 0 Å². The molecule has 2 atom stereocenters. The Labute approximate surface area is 73.8 Å². The molecule has 12 heavy (non-hydrogen) atoms. The second-order valence-corrected chi connectivity index (χ2v) is 4.00. The van der Waals surface area contributed by atoms with E-state index in [0.29, 0.717) is 12.0 Å². The molecule has 0 fully saturated rings. The summed E-state index contributed by atoms with van der Waals surface area (Å²) in [5, 5.41) is 3.46. The van der Waals surface area contributed by atoms with E-state index < -0.39 is 0 Å². The average molecular weight is 164 g/mol. The van der Waals surface area contributed by atoms with Gasteiger partial charge in [-0.2, -0.15) is 0 Å². The van der Waals surface area contributed by atoms with Crippen LogP contribution in [0.15, 0.2) is 16.3 Å². The average Bonchev–Trinajstić information content (AvgIpc) is 2.28. The molecule has 1 aliphatic heterocycles. The smallest absolute Gasteiger partial charge is 0.0648 e. The number of fused-ring (bicyclic) bond motifs is 1. The second kappa shape index (κ2) is 2.61. The summed E-state index contributed by atoms with van der Waals surface area (Å²) in [6.07, 6.45) is 1.19. The van der Waals surface area contributed by atoms with Gasteiger partial charge in [0, 0.05) is 12.5 Å². The molecular formula is C10H16N2. The van der Waals surface area contributed by atoms with Crippen LogP contribution in [-0.4, -0.2) is 18.3 Å². The van der Waals surface area contributed by atoms with Crippen molar-refractivity contribution in [2.45, 2.75) is 33.2 Å². The highest BCUT2D eigenvalue weighted by Crippen LogP contribution is 2.29. The molecule has 0 radical (unpaired) electrons. The van der Waals surface area contributed by atoms with E-state index in [-0.39, 0.29) is 0 Å². The van der Waals surface area contributed by atoms with Crippen LogP contribution in [0.4, 0.5) is 0 Å². The topological polar surface area (TPSA) is 24.4 Å². The quantitative estimate of drug-likeness (QED) is 0.579. The third-order valence-electron chi connectivity index (χ3n) is 2.70. The first-order valence-corrected chi connectivity index (χ1v) is 4.70. The maximum absolute atomic E-state index is 4.67. The van der Waals surface area contributed by atoms with E-state index >= 15 is 0 Å². The number of aliphatic imine (C=N–C) groups is 1. The molecule has 2 nitrogen and oxygen atoms in total. The zero-order chi connectivity index (χ0) is 8.72. The Morgan fingerprint density at radius 2 is 2.17 bits per heavy atom. The summed E-state index contributed by atoms with van der Waals surface area (Å²) < 4.78 is 0. The highest BCUT2D eigenvalue weighted by atomic mass is 15.0. The van der Waals surface area contributed by atoms with Gasteiger partial charge in [-0.3, -0.25) is 4.99 Å². The van der Waals surface area contributed by atoms with E-state index in [0.717, 1.165) is 6.54 Å². The monoisotopic (exact) mass is 164 g/mol. The standard InChI is InChI=1S/C10H16N2/c1-6-4-7(2)10-9(6)11-5-8(3)12-10/h7-8,11H,4-5H2,1-3H3. The fourth-order valence-electron chi connectivity index (χ4n) is 2.09. The van der Waals surface area contributed by atoms with Gasteiger partial charge in [-0.15, -0.1) is 0 Å². The molecule has 0 bridgehead atoms. The van der Waals surface area contributed by atoms with Crippen LogP contribution >= 0.6 is 0 Å². The van der Waals surface area contributed by atoms with Crippen LogP contribution in [0.25, 0.3) is 0 Å². The van der Waals surface area contributed by atoms with Gasteiger partial charge in [-0.1, -0.05) is 6.92 Å². The lowest BCUT2D eigenvalue weighted by molar-refractivity contribution is 0.648. The Kier molecular flexibility index (Phi) is 1.71. The van der Waals surface area contributed by atoms with Crippen LogP contribution < -0.4 is 5.32 Å². The van der Waals surface area contributed by atoms with Gasteiger partial charge in [0.05, 0.1) is 17.5 Å². The molecule has 1 aliphatic carbocycles. The Balaban J connectivity index is 2.37. The van der Waals surface area contributed by atoms with Crippen LogP contribution in [-0.2, 0) is 0 Å². The first-order valence-electron chi connectivity index (χ1n) is 4.70. The first kappa shape index (κ1) is 7.84. The summed E-state index contributed by atoms with van der Waals surface area (Å²) >= 11 is 0. The van der Waals surface area contributed by atoms with Crippen molar-refractivity contribution in [3.8, 4) is 0 Å². The summed E-state index contributed by atoms with van der Waals surface area (Å²) in [7, 11) is 0. The molecule has 0 amide bonds. The Bertz CT molecular complexity index is 263. The summed E-state index contributed by atoms with van der Waals surface area (Å²) in [4.78, 5) is 4.67. The van der Waals surface area contributed by atoms with Crippen molar-refractivity contribution >= 4 is 5.71 Å². The normalized spacial score (nSPS) is 34.4. The zero-order valence-corrected chi connectivity index (χ0v) is 8.02. The molecule has 2 aliphatic rings. The molecule has 0 aromatic rings. The third kappa shape index (κ3) is 1.06. The van der Waals surface area contributed by atoms with Crippen molar-refractivity contribution in [2.75, 3.05) is 6.54 Å². The molecular weight excluding hydrogens is 148 g/mol. The number of allylic oxidation sites excluding steroid dienone is 2. The van der Waals surface area contributed by atoms with Crippen molar-refractivity contribution < 1.29 is 0 Å². The number of nitrogens with one attached hydrogen (secondary N) is 1. The summed E-state index contributed by atoms with van der Waals surface area (Å²) in [5.74, 6) is 0.634. The van der Waals surface area contributed by atoms with E-state index in [1.165, 1.54) is 23.4 Å². The van der Waals surface area contributed by atoms with Crippen LogP contribution in [0.3, 0.4) is 0 Å². The molecule has 66 valence electrons. The first-order chi connectivity index (χ1) is 5.68. The molecule has 0 aromatic heterocycles. The number of nitrogens with zero attached hydrogens (tertiary/aromatic N) is 1. The Morgan fingerprint density at radius 1 is 1.42 bits per heavy atom. The van der Waals surface area contributed by atoms with Gasteiger partial charge >= 0.3 is 0 Å². The van der Waals surface area contributed by atoms with Crippen LogP contribution in [0.2, 0.25) is 0 Å². The molecule has 0 spiro atoms. The maximum atomic E-state index is 4.67. The Morgan fingerprint density at radius 3 is 2.92 bits per heavy atom. The van der Waals surface area contributed by atoms with Crippen molar-refractivity contribution in [3.05, 3.63) is 11.3 Å². The minimum atomic E-state index is 0.456. The molecule has 0 saturated carbocycles. The predicted octanol–water partition coefficient (Wildman–Crippen LogP) is 1.73. The van der Waals surface area contributed by atoms with E-state index in [4.69, 9.17) is 0 Å². The fraction of sp³-hybridized carbons (Fsp3) is 0.700. The Hall–Kier alpha value is -0.790. The van der Waals surface area contributed by atoms with Crippen LogP contribution in [0, 0.1) is 5.92 Å². The fourth-order valence-corrected chi connectivity index (χ4v) is 2.09. The largest absolute Gasteiger partial charge is 0.381 e. The lowest BCUT2D eigenvalue weighted by Crippen LogP contribution is -2.33. The van der Waals surface area contributed by atoms with Crippen molar-refractivity contribution in [1.82, 2.24) is 5.32 Å². The second-order valence-electron chi connectivity index (χ2n) is 4.00. The summed E-state index contributed by atoms with van der Waals surface area (Å²) in [6.45, 7) is 7.63. The lowest BCUT2D eigenvalue weighted by atomic mass is 10.1. The van der Waals surface area contributed by atoms with Gasteiger partial charge in [0.1, 0.15) is 0 Å². The zero-order valence-electron chi connectivity index (χ0n) is 8.02. The predicted molar refractivity (Wildman–Crippen MR) is 51.4 cm³/mol. The van der Waals surface area contributed by atoms with Gasteiger partial charge in [0.15, 0.2) is 0 Å². The van der Waals surface area contributed by atoms with Crippen molar-refractivity contribution in [1.29, 1.82) is 0 Å². The molecule has 2 unspecified atom stereocenters. The van der Waals surface area contributed by atoms with Gasteiger partial charge in [-0.25, -0.2) is 0 Å². The van der Waals surface area contributed by atoms with Crippen LogP contribution in [0.1, 0.15) is 27.2 Å². The van der Waals surface area contributed by atoms with Crippen molar-refractivity contribution in [2.24, 2.45) is 10.9 Å². The van der Waals surface area contributed by atoms with Gasteiger partial charge < -0.3 is 5.32 Å². The van der Waals surface area contributed by atoms with Crippen molar-refractivity contribution in [3.63, 3.8) is 0 Å². The molecule has 2 heteroatoms. The lowest BCUT2D eigenvalue weighted by Gasteiger charge is -2.21. The molecule has 2 rings (SSSR count). The third-order valence-corrected chi connectivity index (χ3v) is 2.70. The van der Waals surface area contributed by atoms with E-state index in [2.05, 4.69) is 31.1 Å². The minimum absolute atomic E-state index is 0.456. The minimum Gasteiger partial charge on any atom is -0.381 e. The number of hydrogen-bond acceptors (Lipinski definition) is 2. The molecule has 1 N–H and O–H groups in total. The number of rotatable bonds is 0. The van der Waals surface area contributed by atoms with Gasteiger partial charge in [-0.05, 0) is 25.8 Å².